The van der Waals surface area contributed by atoms with Crippen molar-refractivity contribution in [2.45, 2.75) is 4.90 Å². The van der Waals surface area contributed by atoms with Gasteiger partial charge in [-0.2, -0.15) is 0 Å². The summed E-state index contributed by atoms with van der Waals surface area (Å²) >= 11 is 0. The Labute approximate surface area is 161 Å². The zero-order valence-corrected chi connectivity index (χ0v) is 15.5. The average Bonchev–Trinajstić information content (AvgIpc) is 2.69. The van der Waals surface area contributed by atoms with E-state index >= 15 is 0 Å². The summed E-state index contributed by atoms with van der Waals surface area (Å²) < 4.78 is 45.1. The molecule has 0 aliphatic rings. The van der Waals surface area contributed by atoms with Crippen LogP contribution in [0.1, 0.15) is 10.4 Å². The van der Waals surface area contributed by atoms with Crippen LogP contribution >= 0.6 is 0 Å². The van der Waals surface area contributed by atoms with Gasteiger partial charge in [-0.15, -0.1) is 0 Å². The summed E-state index contributed by atoms with van der Waals surface area (Å²) in [6.07, 6.45) is 2.58. The number of aromatic nitrogens is 1. The van der Waals surface area contributed by atoms with Crippen LogP contribution in [0.4, 0.5) is 15.8 Å². The Balaban J connectivity index is 1.75. The second kappa shape index (κ2) is 8.05. The Morgan fingerprint density at radius 2 is 1.68 bits per heavy atom. The van der Waals surface area contributed by atoms with Gasteiger partial charge in [0.15, 0.2) is 0 Å². The molecule has 2 aromatic carbocycles. The van der Waals surface area contributed by atoms with Crippen LogP contribution in [0.3, 0.4) is 0 Å². The number of rotatable bonds is 6. The fourth-order valence-electron chi connectivity index (χ4n) is 2.33. The maximum Gasteiger partial charge on any atom is 0.261 e. The summed E-state index contributed by atoms with van der Waals surface area (Å²) in [5.74, 6) is -0.352. The monoisotopic (exact) mass is 401 g/mol. The third kappa shape index (κ3) is 4.63. The van der Waals surface area contributed by atoms with Crippen LogP contribution in [0.2, 0.25) is 0 Å². The Bertz CT molecular complexity index is 1080. The SMILES string of the molecule is COc1ccc(NC(=O)c2cncc(NS(=O)(=O)c3ccc(F)cc3)c2)cc1. The number of methoxy groups -OCH3 is 1. The number of amides is 1. The zero-order valence-electron chi connectivity index (χ0n) is 14.7. The van der Waals surface area contributed by atoms with E-state index in [2.05, 4.69) is 15.0 Å². The molecule has 0 unspecified atom stereocenters. The van der Waals surface area contributed by atoms with Crippen molar-refractivity contribution in [2.75, 3.05) is 17.1 Å². The minimum absolute atomic E-state index is 0.103. The number of carbonyl (C=O) groups excluding carboxylic acids is 1. The standard InChI is InChI=1S/C19H16FN3O4S/c1-27-17-6-4-15(5-7-17)22-19(24)13-10-16(12-21-11-13)23-28(25,26)18-8-2-14(20)3-9-18/h2-12,23H,1H3,(H,22,24). The van der Waals surface area contributed by atoms with Crippen LogP contribution in [0.15, 0.2) is 71.9 Å². The molecule has 3 rings (SSSR count). The number of hydrogen-bond donors (Lipinski definition) is 2. The summed E-state index contributed by atoms with van der Waals surface area (Å²) in [7, 11) is -2.40. The molecule has 1 aromatic heterocycles. The number of hydrogen-bond acceptors (Lipinski definition) is 5. The van der Waals surface area contributed by atoms with E-state index in [1.54, 1.807) is 24.3 Å². The number of anilines is 2. The highest BCUT2D eigenvalue weighted by atomic mass is 32.2. The molecule has 2 N–H and O–H groups in total. The first kappa shape index (κ1) is 19.3. The summed E-state index contributed by atoms with van der Waals surface area (Å²) in [6.45, 7) is 0. The third-order valence-corrected chi connectivity index (χ3v) is 5.12. The van der Waals surface area contributed by atoms with E-state index in [-0.39, 0.29) is 16.1 Å². The van der Waals surface area contributed by atoms with Crippen molar-refractivity contribution < 1.29 is 22.3 Å². The predicted octanol–water partition coefficient (Wildman–Crippen LogP) is 3.28. The minimum atomic E-state index is -3.94. The van der Waals surface area contributed by atoms with E-state index < -0.39 is 21.7 Å². The van der Waals surface area contributed by atoms with Crippen molar-refractivity contribution in [1.82, 2.24) is 4.98 Å². The minimum Gasteiger partial charge on any atom is -0.497 e. The van der Waals surface area contributed by atoms with Gasteiger partial charge in [-0.05, 0) is 54.6 Å². The molecule has 144 valence electrons. The molecule has 3 aromatic rings. The van der Waals surface area contributed by atoms with Gasteiger partial charge >= 0.3 is 0 Å². The topological polar surface area (TPSA) is 97.4 Å². The summed E-state index contributed by atoms with van der Waals surface area (Å²) in [4.78, 5) is 16.2. The first-order valence-corrected chi connectivity index (χ1v) is 9.54. The predicted molar refractivity (Wildman–Crippen MR) is 102 cm³/mol. The zero-order chi connectivity index (χ0) is 20.1. The molecule has 0 atom stereocenters. The molecule has 0 aliphatic heterocycles. The summed E-state index contributed by atoms with van der Waals surface area (Å²) in [5.41, 5.74) is 0.810. The molecule has 7 nitrogen and oxygen atoms in total. The van der Waals surface area contributed by atoms with Crippen molar-refractivity contribution in [1.29, 1.82) is 0 Å². The lowest BCUT2D eigenvalue weighted by Gasteiger charge is -2.10. The van der Waals surface area contributed by atoms with Gasteiger partial charge in [0, 0.05) is 11.9 Å². The normalized spacial score (nSPS) is 10.9. The first-order chi connectivity index (χ1) is 13.4. The molecule has 0 saturated carbocycles. The van der Waals surface area contributed by atoms with Crippen molar-refractivity contribution in [3.05, 3.63) is 78.4 Å². The van der Waals surface area contributed by atoms with Crippen LogP contribution in [0, 0.1) is 5.82 Å². The lowest BCUT2D eigenvalue weighted by Crippen LogP contribution is -2.15. The highest BCUT2D eigenvalue weighted by Gasteiger charge is 2.16. The fourth-order valence-corrected chi connectivity index (χ4v) is 3.36. The number of carbonyl (C=O) groups is 1. The molecule has 9 heteroatoms. The van der Waals surface area contributed by atoms with E-state index in [4.69, 9.17) is 4.74 Å². The van der Waals surface area contributed by atoms with Gasteiger partial charge in [0.05, 0.1) is 29.5 Å². The second-order valence-corrected chi connectivity index (χ2v) is 7.39. The van der Waals surface area contributed by atoms with Crippen molar-refractivity contribution in [3.63, 3.8) is 0 Å². The molecule has 0 saturated heterocycles. The molecule has 0 aliphatic carbocycles. The van der Waals surface area contributed by atoms with Gasteiger partial charge in [-0.3, -0.25) is 14.5 Å². The van der Waals surface area contributed by atoms with Crippen LogP contribution < -0.4 is 14.8 Å². The Morgan fingerprint density at radius 3 is 2.32 bits per heavy atom. The van der Waals surface area contributed by atoms with E-state index in [9.17, 15) is 17.6 Å². The van der Waals surface area contributed by atoms with Gasteiger partial charge in [0.25, 0.3) is 15.9 Å². The number of ether oxygens (including phenoxy) is 1. The summed E-state index contributed by atoms with van der Waals surface area (Å²) in [6, 6.07) is 12.5. The smallest absolute Gasteiger partial charge is 0.261 e. The Morgan fingerprint density at radius 1 is 1.00 bits per heavy atom. The Hall–Kier alpha value is -3.46. The fraction of sp³-hybridized carbons (Fsp3) is 0.0526. The van der Waals surface area contributed by atoms with Crippen molar-refractivity contribution in [2.24, 2.45) is 0 Å². The average molecular weight is 401 g/mol. The number of benzene rings is 2. The van der Waals surface area contributed by atoms with Crippen LogP contribution in [-0.2, 0) is 10.0 Å². The van der Waals surface area contributed by atoms with Gasteiger partial charge < -0.3 is 10.1 Å². The van der Waals surface area contributed by atoms with E-state index in [0.29, 0.717) is 11.4 Å². The summed E-state index contributed by atoms with van der Waals surface area (Å²) in [5, 5.41) is 2.68. The van der Waals surface area contributed by atoms with Crippen molar-refractivity contribution in [3.8, 4) is 5.75 Å². The van der Waals surface area contributed by atoms with Gasteiger partial charge in [-0.1, -0.05) is 0 Å². The van der Waals surface area contributed by atoms with Gasteiger partial charge in [-0.25, -0.2) is 12.8 Å². The molecule has 1 amide bonds. The van der Waals surface area contributed by atoms with E-state index in [1.807, 2.05) is 0 Å². The molecule has 0 fully saturated rings. The maximum absolute atomic E-state index is 13.0. The number of sulfonamides is 1. The van der Waals surface area contributed by atoms with Crippen molar-refractivity contribution >= 4 is 27.3 Å². The first-order valence-electron chi connectivity index (χ1n) is 8.06. The van der Waals surface area contributed by atoms with Gasteiger partial charge in [0.1, 0.15) is 11.6 Å². The Kier molecular flexibility index (Phi) is 5.55. The molecule has 1 heterocycles. The van der Waals surface area contributed by atoms with E-state index in [0.717, 1.165) is 24.3 Å². The molecule has 0 bridgehead atoms. The lowest BCUT2D eigenvalue weighted by atomic mass is 10.2. The van der Waals surface area contributed by atoms with E-state index in [1.165, 1.54) is 25.6 Å². The molecule has 0 radical (unpaired) electrons. The number of nitrogens with one attached hydrogen (secondary N) is 2. The number of nitrogens with zero attached hydrogens (tertiary/aromatic N) is 1. The molecular weight excluding hydrogens is 385 g/mol. The third-order valence-electron chi connectivity index (χ3n) is 3.72. The van der Waals surface area contributed by atoms with Gasteiger partial charge in [0.2, 0.25) is 0 Å². The second-order valence-electron chi connectivity index (χ2n) is 5.70. The number of halogens is 1. The molecule has 28 heavy (non-hydrogen) atoms. The highest BCUT2D eigenvalue weighted by molar-refractivity contribution is 7.92. The molecule has 0 spiro atoms. The molecular formula is C19H16FN3O4S. The van der Waals surface area contributed by atoms with Crippen LogP contribution in [0.5, 0.6) is 5.75 Å². The lowest BCUT2D eigenvalue weighted by molar-refractivity contribution is 0.102. The largest absolute Gasteiger partial charge is 0.497 e. The maximum atomic E-state index is 13.0. The van der Waals surface area contributed by atoms with Crippen LogP contribution in [0.25, 0.3) is 0 Å². The van der Waals surface area contributed by atoms with Crippen LogP contribution in [-0.4, -0.2) is 26.4 Å². The highest BCUT2D eigenvalue weighted by Crippen LogP contribution is 2.19. The number of pyridine rings is 1. The quantitative estimate of drug-likeness (QED) is 0.661.